The molecule has 2 saturated carbocycles. The average Bonchev–Trinajstić information content (AvgIpc) is 3.36. The molecule has 3 aliphatic rings. The number of benzene rings is 1. The van der Waals surface area contributed by atoms with Crippen molar-refractivity contribution in [3.63, 3.8) is 0 Å². The Morgan fingerprint density at radius 1 is 1.04 bits per heavy atom. The lowest BCUT2D eigenvalue weighted by Gasteiger charge is -2.29. The second-order valence-electron chi connectivity index (χ2n) is 7.50. The van der Waals surface area contributed by atoms with Gasteiger partial charge in [-0.1, -0.05) is 30.3 Å². The van der Waals surface area contributed by atoms with Crippen LogP contribution in [-0.4, -0.2) is 30.9 Å². The number of rotatable bonds is 5. The smallest absolute Gasteiger partial charge is 0.224 e. The van der Waals surface area contributed by atoms with Crippen LogP contribution in [0.5, 0.6) is 0 Å². The predicted octanol–water partition coefficient (Wildman–Crippen LogP) is 2.83. The van der Waals surface area contributed by atoms with Gasteiger partial charge < -0.3 is 10.1 Å². The van der Waals surface area contributed by atoms with Crippen LogP contribution in [0.25, 0.3) is 0 Å². The Kier molecular flexibility index (Phi) is 4.40. The SMILES string of the molecule is O=C(NC[C@@H]1CCCO1)[C@@H]1[C@H]2CC[C@@H](C2)[C@@H]1C(=O)c1ccccc1. The van der Waals surface area contributed by atoms with Gasteiger partial charge in [-0.15, -0.1) is 0 Å². The number of Topliss-reactive ketones (excluding diaryl/α,β-unsaturated/α-hetero) is 1. The first-order chi connectivity index (χ1) is 11.7. The van der Waals surface area contributed by atoms with Crippen LogP contribution < -0.4 is 5.32 Å². The standard InChI is InChI=1S/C20H25NO3/c22-19(13-5-2-1-3-6-13)17-14-8-9-15(11-14)18(17)20(23)21-12-16-7-4-10-24-16/h1-3,5-6,14-18H,4,7-12H2,(H,21,23)/t14-,15-,16-,17-,18+/m0/s1. The van der Waals surface area contributed by atoms with Crippen molar-refractivity contribution < 1.29 is 14.3 Å². The summed E-state index contributed by atoms with van der Waals surface area (Å²) in [6.45, 7) is 1.38. The van der Waals surface area contributed by atoms with Crippen molar-refractivity contribution in [1.82, 2.24) is 5.32 Å². The minimum absolute atomic E-state index is 0.0620. The summed E-state index contributed by atoms with van der Waals surface area (Å²) in [7, 11) is 0. The third-order valence-corrected chi connectivity index (χ3v) is 6.11. The Labute approximate surface area is 143 Å². The number of nitrogens with one attached hydrogen (secondary N) is 1. The first kappa shape index (κ1) is 15.8. The second kappa shape index (κ2) is 6.67. The van der Waals surface area contributed by atoms with Gasteiger partial charge >= 0.3 is 0 Å². The highest BCUT2D eigenvalue weighted by atomic mass is 16.5. The van der Waals surface area contributed by atoms with Gasteiger partial charge in [-0.25, -0.2) is 0 Å². The molecule has 24 heavy (non-hydrogen) atoms. The summed E-state index contributed by atoms with van der Waals surface area (Å²) in [5.74, 6) is 0.666. The summed E-state index contributed by atoms with van der Waals surface area (Å²) in [5, 5.41) is 3.07. The van der Waals surface area contributed by atoms with Crippen molar-refractivity contribution in [1.29, 1.82) is 0 Å². The number of hydrogen-bond acceptors (Lipinski definition) is 3. The van der Waals surface area contributed by atoms with E-state index < -0.39 is 0 Å². The molecule has 4 nitrogen and oxygen atoms in total. The first-order valence-electron chi connectivity index (χ1n) is 9.22. The molecule has 0 aromatic heterocycles. The third-order valence-electron chi connectivity index (χ3n) is 6.11. The number of ketones is 1. The molecule has 2 aliphatic carbocycles. The van der Waals surface area contributed by atoms with Crippen molar-refractivity contribution in [2.24, 2.45) is 23.7 Å². The highest BCUT2D eigenvalue weighted by molar-refractivity contribution is 6.01. The zero-order chi connectivity index (χ0) is 16.5. The quantitative estimate of drug-likeness (QED) is 0.846. The van der Waals surface area contributed by atoms with Crippen LogP contribution in [0.2, 0.25) is 0 Å². The van der Waals surface area contributed by atoms with Gasteiger partial charge in [0.25, 0.3) is 0 Å². The predicted molar refractivity (Wildman–Crippen MR) is 90.6 cm³/mol. The monoisotopic (exact) mass is 327 g/mol. The maximum Gasteiger partial charge on any atom is 0.224 e. The fourth-order valence-corrected chi connectivity index (χ4v) is 4.98. The van der Waals surface area contributed by atoms with E-state index in [0.29, 0.717) is 18.4 Å². The lowest BCUT2D eigenvalue weighted by molar-refractivity contribution is -0.128. The fraction of sp³-hybridized carbons (Fsp3) is 0.600. The van der Waals surface area contributed by atoms with E-state index in [1.54, 1.807) is 0 Å². The molecule has 0 radical (unpaired) electrons. The Balaban J connectivity index is 1.47. The van der Waals surface area contributed by atoms with Crippen LogP contribution >= 0.6 is 0 Å². The minimum atomic E-state index is -0.155. The fourth-order valence-electron chi connectivity index (χ4n) is 4.98. The van der Waals surface area contributed by atoms with Gasteiger partial charge in [-0.3, -0.25) is 9.59 Å². The summed E-state index contributed by atoms with van der Waals surface area (Å²) in [6, 6.07) is 9.45. The van der Waals surface area contributed by atoms with Crippen LogP contribution in [0, 0.1) is 23.7 Å². The van der Waals surface area contributed by atoms with Crippen LogP contribution in [-0.2, 0) is 9.53 Å². The van der Waals surface area contributed by atoms with Crippen molar-refractivity contribution >= 4 is 11.7 Å². The summed E-state index contributed by atoms with van der Waals surface area (Å²) >= 11 is 0. The first-order valence-corrected chi connectivity index (χ1v) is 9.22. The summed E-state index contributed by atoms with van der Waals surface area (Å²) in [5.41, 5.74) is 0.743. The summed E-state index contributed by atoms with van der Waals surface area (Å²) in [4.78, 5) is 25.8. The number of ether oxygens (including phenoxy) is 1. The highest BCUT2D eigenvalue weighted by Gasteiger charge is 2.53. The van der Waals surface area contributed by atoms with Gasteiger partial charge in [0.05, 0.1) is 12.0 Å². The van der Waals surface area contributed by atoms with E-state index in [9.17, 15) is 9.59 Å². The van der Waals surface area contributed by atoms with Crippen molar-refractivity contribution in [2.75, 3.05) is 13.2 Å². The number of carbonyl (C=O) groups excluding carboxylic acids is 2. The highest BCUT2D eigenvalue weighted by Crippen LogP contribution is 2.53. The molecule has 0 spiro atoms. The number of carbonyl (C=O) groups is 2. The Morgan fingerprint density at radius 3 is 2.50 bits per heavy atom. The lowest BCUT2D eigenvalue weighted by Crippen LogP contribution is -2.43. The van der Waals surface area contributed by atoms with E-state index in [1.165, 1.54) is 0 Å². The van der Waals surface area contributed by atoms with E-state index in [1.807, 2.05) is 30.3 Å². The van der Waals surface area contributed by atoms with Crippen LogP contribution in [0.3, 0.4) is 0 Å². The van der Waals surface area contributed by atoms with E-state index in [-0.39, 0.29) is 29.6 Å². The molecule has 5 atom stereocenters. The maximum absolute atomic E-state index is 13.0. The zero-order valence-electron chi connectivity index (χ0n) is 13.9. The Hall–Kier alpha value is -1.68. The zero-order valence-corrected chi connectivity index (χ0v) is 13.9. The van der Waals surface area contributed by atoms with Crippen molar-refractivity contribution in [2.45, 2.75) is 38.2 Å². The summed E-state index contributed by atoms with van der Waals surface area (Å²) in [6.07, 6.45) is 5.44. The van der Waals surface area contributed by atoms with Crippen LogP contribution in [0.15, 0.2) is 30.3 Å². The molecule has 1 heterocycles. The van der Waals surface area contributed by atoms with E-state index in [0.717, 1.165) is 44.3 Å². The molecule has 1 saturated heterocycles. The van der Waals surface area contributed by atoms with Gasteiger partial charge in [0.2, 0.25) is 5.91 Å². The van der Waals surface area contributed by atoms with Gasteiger partial charge in [-0.2, -0.15) is 0 Å². The second-order valence-corrected chi connectivity index (χ2v) is 7.50. The molecule has 1 N–H and O–H groups in total. The number of fused-ring (bicyclic) bond motifs is 2. The van der Waals surface area contributed by atoms with Gasteiger partial charge in [0.1, 0.15) is 0 Å². The molecule has 4 heteroatoms. The minimum Gasteiger partial charge on any atom is -0.376 e. The summed E-state index contributed by atoms with van der Waals surface area (Å²) < 4.78 is 5.59. The molecule has 3 fully saturated rings. The van der Waals surface area contributed by atoms with Crippen LogP contribution in [0.1, 0.15) is 42.5 Å². The molecular weight excluding hydrogens is 302 g/mol. The van der Waals surface area contributed by atoms with Crippen molar-refractivity contribution in [3.05, 3.63) is 35.9 Å². The molecule has 128 valence electrons. The van der Waals surface area contributed by atoms with E-state index in [2.05, 4.69) is 5.32 Å². The molecular formula is C20H25NO3. The van der Waals surface area contributed by atoms with Gasteiger partial charge in [0, 0.05) is 24.6 Å². The topological polar surface area (TPSA) is 55.4 Å². The molecule has 1 amide bonds. The van der Waals surface area contributed by atoms with E-state index in [4.69, 9.17) is 4.74 Å². The molecule has 0 unspecified atom stereocenters. The molecule has 1 aromatic carbocycles. The van der Waals surface area contributed by atoms with Gasteiger partial charge in [0.15, 0.2) is 5.78 Å². The molecule has 1 aliphatic heterocycles. The number of hydrogen-bond donors (Lipinski definition) is 1. The number of amides is 1. The maximum atomic E-state index is 13.0. The normalized spacial score (nSPS) is 34.4. The van der Waals surface area contributed by atoms with E-state index >= 15 is 0 Å². The van der Waals surface area contributed by atoms with Crippen molar-refractivity contribution in [3.8, 4) is 0 Å². The van der Waals surface area contributed by atoms with Crippen LogP contribution in [0.4, 0.5) is 0 Å². The third kappa shape index (κ3) is 2.88. The van der Waals surface area contributed by atoms with Gasteiger partial charge in [-0.05, 0) is 43.9 Å². The Morgan fingerprint density at radius 2 is 1.79 bits per heavy atom. The largest absolute Gasteiger partial charge is 0.376 e. The molecule has 1 aromatic rings. The molecule has 2 bridgehead atoms. The molecule has 4 rings (SSSR count). The Bertz CT molecular complexity index is 609. The lowest BCUT2D eigenvalue weighted by atomic mass is 9.75. The average molecular weight is 327 g/mol.